The van der Waals surface area contributed by atoms with Crippen molar-refractivity contribution in [3.8, 4) is 6.07 Å². The first-order valence-corrected chi connectivity index (χ1v) is 10.2. The Morgan fingerprint density at radius 1 is 1.12 bits per heavy atom. The van der Waals surface area contributed by atoms with Crippen molar-refractivity contribution >= 4 is 56.5 Å². The minimum atomic E-state index is -0.735. The SMILES string of the molecule is Cc1ncc2nsc(NN=c3ccc(=O)c(=NNc4ncnc(Cl)c4Cl)c3=O)c2c1C#N. The normalized spacial score (nSPS) is 12.2. The van der Waals surface area contributed by atoms with E-state index >= 15 is 0 Å². The van der Waals surface area contributed by atoms with Crippen molar-refractivity contribution in [3.63, 3.8) is 0 Å². The van der Waals surface area contributed by atoms with Gasteiger partial charge in [-0.15, -0.1) is 0 Å². The summed E-state index contributed by atoms with van der Waals surface area (Å²) < 4.78 is 4.23. The molecular formula is C18H9Cl2N9O2S. The fraction of sp³-hybridized carbons (Fsp3) is 0.0556. The Bertz CT molecular complexity index is 1640. The standard InChI is InChI=1S/C18H9Cl2N9O2S/c1-7-8(4-21)12-10(5-22-7)29-32-18(12)28-25-9-2-3-11(30)14(15(9)31)26-27-17-13(19)16(20)23-6-24-17/h2-3,5-6,28H,1H3,(H,23,24,27). The van der Waals surface area contributed by atoms with Gasteiger partial charge in [-0.2, -0.15) is 19.8 Å². The highest BCUT2D eigenvalue weighted by atomic mass is 35.5. The van der Waals surface area contributed by atoms with Crippen molar-refractivity contribution in [1.29, 1.82) is 5.26 Å². The van der Waals surface area contributed by atoms with Crippen LogP contribution in [0.3, 0.4) is 0 Å². The third-order valence-electron chi connectivity index (χ3n) is 4.19. The molecule has 11 nitrogen and oxygen atoms in total. The number of hydrogen-bond acceptors (Lipinski definition) is 12. The molecule has 2 N–H and O–H groups in total. The van der Waals surface area contributed by atoms with Gasteiger partial charge in [0.25, 0.3) is 0 Å². The molecule has 0 bridgehead atoms. The van der Waals surface area contributed by atoms with Gasteiger partial charge in [0.05, 0.1) is 22.8 Å². The van der Waals surface area contributed by atoms with E-state index in [-0.39, 0.29) is 21.4 Å². The van der Waals surface area contributed by atoms with Crippen molar-refractivity contribution in [1.82, 2.24) is 19.3 Å². The number of nitrogens with one attached hydrogen (secondary N) is 2. The molecule has 0 amide bonds. The Hall–Kier alpha value is -3.79. The molecule has 32 heavy (non-hydrogen) atoms. The average molecular weight is 486 g/mol. The molecule has 4 rings (SSSR count). The minimum absolute atomic E-state index is 0.0176. The number of benzene rings is 1. The minimum Gasteiger partial charge on any atom is -0.287 e. The van der Waals surface area contributed by atoms with E-state index in [1.54, 1.807) is 13.1 Å². The van der Waals surface area contributed by atoms with E-state index in [0.717, 1.165) is 23.9 Å². The average Bonchev–Trinajstić information content (AvgIpc) is 3.19. The highest BCUT2D eigenvalue weighted by molar-refractivity contribution is 7.11. The highest BCUT2D eigenvalue weighted by Crippen LogP contribution is 2.31. The molecule has 4 aromatic rings. The predicted octanol–water partition coefficient (Wildman–Crippen LogP) is 1.42. The second-order valence-corrected chi connectivity index (χ2v) is 7.65. The number of nitrogens with zero attached hydrogens (tertiary/aromatic N) is 7. The molecule has 0 aliphatic heterocycles. The number of anilines is 2. The van der Waals surface area contributed by atoms with Crippen molar-refractivity contribution in [2.75, 3.05) is 10.9 Å². The first kappa shape index (κ1) is 21.4. The van der Waals surface area contributed by atoms with E-state index in [4.69, 9.17) is 23.2 Å². The zero-order chi connectivity index (χ0) is 22.8. The number of halogens is 2. The first-order valence-electron chi connectivity index (χ1n) is 8.66. The van der Waals surface area contributed by atoms with Crippen molar-refractivity contribution in [3.05, 3.63) is 77.3 Å². The molecule has 14 heteroatoms. The lowest BCUT2D eigenvalue weighted by molar-refractivity contribution is 1.08. The molecule has 0 aliphatic carbocycles. The van der Waals surface area contributed by atoms with Gasteiger partial charge in [-0.25, -0.2) is 9.97 Å². The summed E-state index contributed by atoms with van der Waals surface area (Å²) in [7, 11) is 0. The lowest BCUT2D eigenvalue weighted by Gasteiger charge is -2.01. The van der Waals surface area contributed by atoms with E-state index < -0.39 is 16.2 Å². The van der Waals surface area contributed by atoms with Gasteiger partial charge in [-0.1, -0.05) is 23.2 Å². The fourth-order valence-electron chi connectivity index (χ4n) is 2.63. The smallest absolute Gasteiger partial charge is 0.237 e. The number of fused-ring (bicyclic) bond motifs is 1. The summed E-state index contributed by atoms with van der Waals surface area (Å²) in [6, 6.07) is 4.50. The molecule has 0 spiro atoms. The zero-order valence-electron chi connectivity index (χ0n) is 15.9. The summed E-state index contributed by atoms with van der Waals surface area (Å²) in [5.41, 5.74) is 5.23. The van der Waals surface area contributed by atoms with Gasteiger partial charge in [0.1, 0.15) is 33.3 Å². The van der Waals surface area contributed by atoms with Crippen LogP contribution in [0.5, 0.6) is 0 Å². The van der Waals surface area contributed by atoms with Crippen molar-refractivity contribution in [2.24, 2.45) is 10.2 Å². The number of aryl methyl sites for hydroxylation is 1. The molecule has 0 radical (unpaired) electrons. The Labute approximate surface area is 192 Å². The number of pyridine rings is 1. The summed E-state index contributed by atoms with van der Waals surface area (Å²) in [4.78, 5) is 36.6. The molecule has 0 saturated heterocycles. The number of hydrogen-bond donors (Lipinski definition) is 2. The van der Waals surface area contributed by atoms with E-state index in [0.29, 0.717) is 27.2 Å². The van der Waals surface area contributed by atoms with Crippen LogP contribution < -0.4 is 32.4 Å². The summed E-state index contributed by atoms with van der Waals surface area (Å²) in [5.74, 6) is 0.0232. The fourth-order valence-corrected chi connectivity index (χ4v) is 3.62. The summed E-state index contributed by atoms with van der Waals surface area (Å²) in [5, 5.41) is 17.8. The van der Waals surface area contributed by atoms with Crippen LogP contribution in [0.1, 0.15) is 11.3 Å². The molecule has 0 fully saturated rings. The van der Waals surface area contributed by atoms with Gasteiger partial charge in [-0.05, 0) is 30.6 Å². The van der Waals surface area contributed by atoms with Gasteiger partial charge in [0.15, 0.2) is 16.3 Å². The van der Waals surface area contributed by atoms with Crippen LogP contribution in [-0.2, 0) is 0 Å². The summed E-state index contributed by atoms with van der Waals surface area (Å²) in [6.07, 6.45) is 2.69. The summed E-state index contributed by atoms with van der Waals surface area (Å²) >= 11 is 12.8. The molecule has 1 aromatic carbocycles. The van der Waals surface area contributed by atoms with Crippen LogP contribution in [0.2, 0.25) is 10.2 Å². The van der Waals surface area contributed by atoms with E-state index in [1.165, 1.54) is 6.07 Å². The van der Waals surface area contributed by atoms with Gasteiger partial charge in [0.2, 0.25) is 10.9 Å². The monoisotopic (exact) mass is 485 g/mol. The number of rotatable bonds is 4. The van der Waals surface area contributed by atoms with Crippen molar-refractivity contribution in [2.45, 2.75) is 6.92 Å². The maximum Gasteiger partial charge on any atom is 0.237 e. The van der Waals surface area contributed by atoms with Crippen molar-refractivity contribution < 1.29 is 0 Å². The van der Waals surface area contributed by atoms with E-state index in [9.17, 15) is 14.9 Å². The van der Waals surface area contributed by atoms with E-state index in [1.807, 2.05) is 0 Å². The third-order valence-corrected chi connectivity index (χ3v) is 5.70. The molecule has 3 aromatic heterocycles. The molecule has 158 valence electrons. The van der Waals surface area contributed by atoms with Gasteiger partial charge in [0, 0.05) is 0 Å². The summed E-state index contributed by atoms with van der Waals surface area (Å²) in [6.45, 7) is 1.71. The number of aromatic nitrogens is 4. The van der Waals surface area contributed by atoms with Crippen LogP contribution in [-0.4, -0.2) is 19.3 Å². The van der Waals surface area contributed by atoms with Crippen LogP contribution >= 0.6 is 34.7 Å². The predicted molar refractivity (Wildman–Crippen MR) is 119 cm³/mol. The van der Waals surface area contributed by atoms with Gasteiger partial charge < -0.3 is 0 Å². The molecule has 0 aliphatic rings. The van der Waals surface area contributed by atoms with E-state index in [2.05, 4.69) is 46.4 Å². The van der Waals surface area contributed by atoms with Gasteiger partial charge >= 0.3 is 0 Å². The Kier molecular flexibility index (Phi) is 5.87. The quantitative estimate of drug-likeness (QED) is 0.321. The Morgan fingerprint density at radius 2 is 1.94 bits per heavy atom. The van der Waals surface area contributed by atoms with Crippen LogP contribution in [0.25, 0.3) is 10.9 Å². The zero-order valence-corrected chi connectivity index (χ0v) is 18.2. The first-order chi connectivity index (χ1) is 15.4. The van der Waals surface area contributed by atoms with Crippen LogP contribution in [0.4, 0.5) is 10.8 Å². The van der Waals surface area contributed by atoms with Crippen LogP contribution in [0, 0.1) is 18.3 Å². The lowest BCUT2D eigenvalue weighted by Crippen LogP contribution is -2.48. The third kappa shape index (κ3) is 3.92. The molecule has 3 heterocycles. The second kappa shape index (κ2) is 8.75. The second-order valence-electron chi connectivity index (χ2n) is 6.14. The maximum atomic E-state index is 12.7. The molecule has 0 atom stereocenters. The van der Waals surface area contributed by atoms with Gasteiger partial charge in [-0.3, -0.25) is 25.4 Å². The Morgan fingerprint density at radius 3 is 2.72 bits per heavy atom. The number of nitriles is 1. The molecular weight excluding hydrogens is 477 g/mol. The molecule has 0 unspecified atom stereocenters. The Balaban J connectivity index is 1.75. The lowest BCUT2D eigenvalue weighted by atomic mass is 10.1. The largest absolute Gasteiger partial charge is 0.287 e. The maximum absolute atomic E-state index is 12.7. The topological polar surface area (TPSA) is 158 Å². The van der Waals surface area contributed by atoms with Crippen LogP contribution in [0.15, 0.2) is 44.4 Å². The highest BCUT2D eigenvalue weighted by Gasteiger charge is 2.14. The molecule has 0 saturated carbocycles.